The molecule has 0 aromatic carbocycles. The molecular formula is C12H17N3OS. The van der Waals surface area contributed by atoms with E-state index in [4.69, 9.17) is 0 Å². The highest BCUT2D eigenvalue weighted by Crippen LogP contribution is 2.21. The summed E-state index contributed by atoms with van der Waals surface area (Å²) in [5, 5.41) is 12.8. The van der Waals surface area contributed by atoms with E-state index in [0.29, 0.717) is 6.42 Å². The third-order valence-corrected chi connectivity index (χ3v) is 3.63. The molecule has 1 N–H and O–H groups in total. The van der Waals surface area contributed by atoms with Crippen LogP contribution in [0, 0.1) is 6.92 Å². The molecule has 0 aliphatic heterocycles. The van der Waals surface area contributed by atoms with Crippen molar-refractivity contribution in [3.63, 3.8) is 0 Å². The minimum Gasteiger partial charge on any atom is -0.385 e. The van der Waals surface area contributed by atoms with Crippen LogP contribution in [-0.4, -0.2) is 19.6 Å². The summed E-state index contributed by atoms with van der Waals surface area (Å²) in [7, 11) is 0. The van der Waals surface area contributed by atoms with Crippen LogP contribution in [0.2, 0.25) is 0 Å². The summed E-state index contributed by atoms with van der Waals surface area (Å²) < 4.78 is 2.09. The Balaban J connectivity index is 2.07. The van der Waals surface area contributed by atoms with Crippen LogP contribution in [0.15, 0.2) is 17.8 Å². The van der Waals surface area contributed by atoms with Crippen LogP contribution in [0.25, 0.3) is 0 Å². The number of aliphatic hydroxyl groups excluding tert-OH is 1. The van der Waals surface area contributed by atoms with Gasteiger partial charge in [0.2, 0.25) is 0 Å². The van der Waals surface area contributed by atoms with Crippen LogP contribution in [-0.2, 0) is 13.0 Å². The van der Waals surface area contributed by atoms with Gasteiger partial charge in [0.15, 0.2) is 0 Å². The summed E-state index contributed by atoms with van der Waals surface area (Å²) in [6.07, 6.45) is 4.78. The molecule has 0 aliphatic rings. The Hall–Kier alpha value is -1.20. The molecule has 0 saturated carbocycles. The fourth-order valence-corrected chi connectivity index (χ4v) is 2.54. The Morgan fingerprint density at radius 3 is 3.00 bits per heavy atom. The van der Waals surface area contributed by atoms with Crippen LogP contribution < -0.4 is 0 Å². The minimum atomic E-state index is -0.549. The topological polar surface area (TPSA) is 50.9 Å². The van der Waals surface area contributed by atoms with E-state index in [1.165, 1.54) is 11.3 Å². The molecule has 4 nitrogen and oxygen atoms in total. The second kappa shape index (κ2) is 5.42. The number of aromatic nitrogens is 3. The van der Waals surface area contributed by atoms with Crippen LogP contribution in [0.4, 0.5) is 0 Å². The molecule has 0 saturated heterocycles. The SMILES string of the molecule is CCCn1ccnc1CC(O)c1nc(C)cs1. The third-order valence-electron chi connectivity index (χ3n) is 2.56. The first-order valence-electron chi connectivity index (χ1n) is 5.80. The maximum atomic E-state index is 10.1. The molecule has 1 atom stereocenters. The van der Waals surface area contributed by atoms with Gasteiger partial charge in [0.25, 0.3) is 0 Å². The highest BCUT2D eigenvalue weighted by molar-refractivity contribution is 7.09. The summed E-state index contributed by atoms with van der Waals surface area (Å²) in [4.78, 5) is 8.59. The molecule has 0 radical (unpaired) electrons. The van der Waals surface area contributed by atoms with E-state index in [1.807, 2.05) is 18.5 Å². The lowest BCUT2D eigenvalue weighted by molar-refractivity contribution is 0.174. The lowest BCUT2D eigenvalue weighted by Crippen LogP contribution is -2.08. The van der Waals surface area contributed by atoms with Crippen LogP contribution in [0.3, 0.4) is 0 Å². The van der Waals surface area contributed by atoms with E-state index < -0.39 is 6.10 Å². The van der Waals surface area contributed by atoms with Gasteiger partial charge in [-0.1, -0.05) is 6.92 Å². The van der Waals surface area contributed by atoms with Crippen molar-refractivity contribution in [1.29, 1.82) is 0 Å². The molecule has 0 fully saturated rings. The fraction of sp³-hybridized carbons (Fsp3) is 0.500. The second-order valence-electron chi connectivity index (χ2n) is 4.08. The molecule has 92 valence electrons. The number of imidazole rings is 1. The van der Waals surface area contributed by atoms with Crippen molar-refractivity contribution in [3.8, 4) is 0 Å². The summed E-state index contributed by atoms with van der Waals surface area (Å²) in [6.45, 7) is 5.01. The van der Waals surface area contributed by atoms with Gasteiger partial charge in [-0.2, -0.15) is 0 Å². The molecule has 2 heterocycles. The zero-order valence-corrected chi connectivity index (χ0v) is 10.9. The van der Waals surface area contributed by atoms with Gasteiger partial charge >= 0.3 is 0 Å². The summed E-state index contributed by atoms with van der Waals surface area (Å²) in [6, 6.07) is 0. The maximum absolute atomic E-state index is 10.1. The Kier molecular flexibility index (Phi) is 3.91. The Morgan fingerprint density at radius 2 is 2.35 bits per heavy atom. The summed E-state index contributed by atoms with van der Waals surface area (Å²) in [5.41, 5.74) is 0.959. The molecule has 0 aliphatic carbocycles. The molecular weight excluding hydrogens is 234 g/mol. The quantitative estimate of drug-likeness (QED) is 0.887. The van der Waals surface area contributed by atoms with E-state index in [-0.39, 0.29) is 0 Å². The van der Waals surface area contributed by atoms with E-state index in [1.54, 1.807) is 6.20 Å². The largest absolute Gasteiger partial charge is 0.385 e. The average Bonchev–Trinajstić information content (AvgIpc) is 2.89. The first-order valence-corrected chi connectivity index (χ1v) is 6.68. The fourth-order valence-electron chi connectivity index (χ4n) is 1.76. The zero-order valence-electron chi connectivity index (χ0n) is 10.1. The number of hydrogen-bond donors (Lipinski definition) is 1. The Morgan fingerprint density at radius 1 is 1.53 bits per heavy atom. The van der Waals surface area contributed by atoms with Gasteiger partial charge in [-0.25, -0.2) is 9.97 Å². The van der Waals surface area contributed by atoms with Gasteiger partial charge < -0.3 is 9.67 Å². The maximum Gasteiger partial charge on any atom is 0.122 e. The number of nitrogens with zero attached hydrogens (tertiary/aromatic N) is 3. The van der Waals surface area contributed by atoms with E-state index in [2.05, 4.69) is 21.5 Å². The number of hydrogen-bond acceptors (Lipinski definition) is 4. The number of thiazole rings is 1. The minimum absolute atomic E-state index is 0.528. The van der Waals surface area contributed by atoms with Crippen molar-refractivity contribution < 1.29 is 5.11 Å². The lowest BCUT2D eigenvalue weighted by Gasteiger charge is -2.09. The molecule has 2 aromatic rings. The number of rotatable bonds is 5. The monoisotopic (exact) mass is 251 g/mol. The molecule has 17 heavy (non-hydrogen) atoms. The molecule has 1 unspecified atom stereocenters. The highest BCUT2D eigenvalue weighted by Gasteiger charge is 2.15. The van der Waals surface area contributed by atoms with E-state index in [9.17, 15) is 5.11 Å². The van der Waals surface area contributed by atoms with Crippen LogP contribution >= 0.6 is 11.3 Å². The highest BCUT2D eigenvalue weighted by atomic mass is 32.1. The lowest BCUT2D eigenvalue weighted by atomic mass is 10.2. The van der Waals surface area contributed by atoms with Gasteiger partial charge in [0.1, 0.15) is 16.9 Å². The Labute approximate surface area is 105 Å². The second-order valence-corrected chi connectivity index (χ2v) is 4.97. The van der Waals surface area contributed by atoms with E-state index >= 15 is 0 Å². The standard InChI is InChI=1S/C12H17N3OS/c1-3-5-15-6-4-13-11(15)7-10(16)12-14-9(2)8-17-12/h4,6,8,10,16H,3,5,7H2,1-2H3. The van der Waals surface area contributed by atoms with Crippen molar-refractivity contribution in [2.24, 2.45) is 0 Å². The van der Waals surface area contributed by atoms with Gasteiger partial charge in [0.05, 0.1) is 0 Å². The zero-order chi connectivity index (χ0) is 12.3. The van der Waals surface area contributed by atoms with Crippen LogP contribution in [0.5, 0.6) is 0 Å². The summed E-state index contributed by atoms with van der Waals surface area (Å²) >= 11 is 1.50. The average molecular weight is 251 g/mol. The number of aliphatic hydroxyl groups is 1. The van der Waals surface area contributed by atoms with Crippen molar-refractivity contribution in [1.82, 2.24) is 14.5 Å². The first-order chi connectivity index (χ1) is 8.20. The van der Waals surface area contributed by atoms with Gasteiger partial charge in [-0.3, -0.25) is 0 Å². The van der Waals surface area contributed by atoms with Gasteiger partial charge in [-0.05, 0) is 13.3 Å². The predicted molar refractivity (Wildman–Crippen MR) is 68.0 cm³/mol. The predicted octanol–water partition coefficient (Wildman–Crippen LogP) is 2.33. The van der Waals surface area contributed by atoms with Crippen molar-refractivity contribution in [3.05, 3.63) is 34.3 Å². The van der Waals surface area contributed by atoms with Crippen LogP contribution in [0.1, 0.15) is 36.0 Å². The van der Waals surface area contributed by atoms with Crippen molar-refractivity contribution in [2.75, 3.05) is 0 Å². The molecule has 2 rings (SSSR count). The van der Waals surface area contributed by atoms with E-state index in [0.717, 1.165) is 29.5 Å². The molecule has 0 spiro atoms. The molecule has 0 amide bonds. The molecule has 5 heteroatoms. The van der Waals surface area contributed by atoms with Crippen molar-refractivity contribution in [2.45, 2.75) is 39.3 Å². The third kappa shape index (κ3) is 2.92. The Bertz CT molecular complexity index is 478. The normalized spacial score (nSPS) is 12.9. The molecule has 2 aromatic heterocycles. The molecule has 0 bridgehead atoms. The number of aryl methyl sites for hydroxylation is 2. The van der Waals surface area contributed by atoms with Gasteiger partial charge in [-0.15, -0.1) is 11.3 Å². The van der Waals surface area contributed by atoms with Gasteiger partial charge in [0, 0.05) is 36.4 Å². The smallest absolute Gasteiger partial charge is 0.122 e. The summed E-state index contributed by atoms with van der Waals surface area (Å²) in [5.74, 6) is 0.923. The van der Waals surface area contributed by atoms with Crippen molar-refractivity contribution >= 4 is 11.3 Å². The first kappa shape index (κ1) is 12.3.